The van der Waals surface area contributed by atoms with Crippen molar-refractivity contribution in [1.29, 1.82) is 0 Å². The number of rotatable bonds is 5. The molecule has 0 bridgehead atoms. The third kappa shape index (κ3) is 4.26. The van der Waals surface area contributed by atoms with Gasteiger partial charge in [0.25, 0.3) is 0 Å². The van der Waals surface area contributed by atoms with E-state index in [4.69, 9.17) is 10.5 Å². The first kappa shape index (κ1) is 14.4. The van der Waals surface area contributed by atoms with Crippen LogP contribution in [0.4, 0.5) is 0 Å². The predicted octanol–water partition coefficient (Wildman–Crippen LogP) is 0.0175. The van der Waals surface area contributed by atoms with Crippen molar-refractivity contribution in [2.24, 2.45) is 11.7 Å². The van der Waals surface area contributed by atoms with E-state index in [9.17, 15) is 9.90 Å². The van der Waals surface area contributed by atoms with Crippen LogP contribution < -0.4 is 11.1 Å². The quantitative estimate of drug-likeness (QED) is 0.636. The molecule has 1 fully saturated rings. The molecule has 0 aromatic carbocycles. The maximum absolute atomic E-state index is 11.8. The lowest BCUT2D eigenvalue weighted by Crippen LogP contribution is -2.55. The zero-order valence-electron chi connectivity index (χ0n) is 10.7. The minimum absolute atomic E-state index is 0.0426. The topological polar surface area (TPSA) is 84.6 Å². The summed E-state index contributed by atoms with van der Waals surface area (Å²) in [5.41, 5.74) is 5.35. The van der Waals surface area contributed by atoms with Crippen molar-refractivity contribution in [3.05, 3.63) is 0 Å². The molecule has 1 aliphatic heterocycles. The summed E-state index contributed by atoms with van der Waals surface area (Å²) in [7, 11) is 0. The molecule has 1 atom stereocenters. The predicted molar refractivity (Wildman–Crippen MR) is 65.4 cm³/mol. The van der Waals surface area contributed by atoms with Gasteiger partial charge >= 0.3 is 0 Å². The lowest BCUT2D eigenvalue weighted by Gasteiger charge is -2.36. The Kier molecular flexibility index (Phi) is 5.36. The second-order valence-corrected chi connectivity index (χ2v) is 5.21. The van der Waals surface area contributed by atoms with Crippen molar-refractivity contribution in [2.75, 3.05) is 19.8 Å². The number of aliphatic hydroxyl groups is 1. The normalized spacial score (nSPS) is 21.2. The highest BCUT2D eigenvalue weighted by Crippen LogP contribution is 2.20. The van der Waals surface area contributed by atoms with E-state index in [2.05, 4.69) is 5.32 Å². The van der Waals surface area contributed by atoms with Gasteiger partial charge in [0.05, 0.1) is 12.1 Å². The molecule has 5 nitrogen and oxygen atoms in total. The van der Waals surface area contributed by atoms with E-state index in [1.54, 1.807) is 0 Å². The summed E-state index contributed by atoms with van der Waals surface area (Å²) in [5, 5.41) is 12.4. The van der Waals surface area contributed by atoms with Gasteiger partial charge in [0.1, 0.15) is 0 Å². The molecule has 100 valence electrons. The first-order valence-corrected chi connectivity index (χ1v) is 6.24. The van der Waals surface area contributed by atoms with E-state index in [0.717, 1.165) is 0 Å². The molecule has 1 unspecified atom stereocenters. The van der Waals surface area contributed by atoms with E-state index < -0.39 is 5.54 Å². The van der Waals surface area contributed by atoms with E-state index in [-0.39, 0.29) is 24.5 Å². The first-order valence-electron chi connectivity index (χ1n) is 6.24. The molecule has 17 heavy (non-hydrogen) atoms. The average Bonchev–Trinajstić information content (AvgIpc) is 2.29. The molecule has 1 heterocycles. The van der Waals surface area contributed by atoms with Gasteiger partial charge in [-0.3, -0.25) is 4.79 Å². The Morgan fingerprint density at radius 1 is 1.47 bits per heavy atom. The highest BCUT2D eigenvalue weighted by molar-refractivity contribution is 5.77. The summed E-state index contributed by atoms with van der Waals surface area (Å²) < 4.78 is 5.24. The molecule has 5 heteroatoms. The fraction of sp³-hybridized carbons (Fsp3) is 0.917. The zero-order chi connectivity index (χ0) is 12.9. The minimum atomic E-state index is -0.508. The Morgan fingerprint density at radius 3 is 2.53 bits per heavy atom. The van der Waals surface area contributed by atoms with E-state index >= 15 is 0 Å². The number of amides is 1. The summed E-state index contributed by atoms with van der Waals surface area (Å²) in [6, 6.07) is -0.134. The van der Waals surface area contributed by atoms with Gasteiger partial charge in [-0.1, -0.05) is 13.8 Å². The van der Waals surface area contributed by atoms with Crippen LogP contribution in [0.15, 0.2) is 0 Å². The molecule has 0 radical (unpaired) electrons. The van der Waals surface area contributed by atoms with Gasteiger partial charge in [0.15, 0.2) is 0 Å². The Hall–Kier alpha value is -0.650. The molecule has 1 amide bonds. The molecular weight excluding hydrogens is 220 g/mol. The molecule has 1 saturated heterocycles. The Morgan fingerprint density at radius 2 is 2.06 bits per heavy atom. The van der Waals surface area contributed by atoms with Crippen LogP contribution in [0, 0.1) is 5.92 Å². The van der Waals surface area contributed by atoms with Crippen molar-refractivity contribution in [1.82, 2.24) is 5.32 Å². The summed E-state index contributed by atoms with van der Waals surface area (Å²) in [4.78, 5) is 11.8. The largest absolute Gasteiger partial charge is 0.394 e. The number of aliphatic hydroxyl groups excluding tert-OH is 1. The van der Waals surface area contributed by atoms with Gasteiger partial charge in [0.2, 0.25) is 5.91 Å². The molecule has 0 spiro atoms. The maximum Gasteiger partial charge on any atom is 0.222 e. The minimum Gasteiger partial charge on any atom is -0.394 e. The first-order chi connectivity index (χ1) is 7.99. The number of carbonyl (C=O) groups excluding carboxylic acids is 1. The van der Waals surface area contributed by atoms with Gasteiger partial charge in [-0.05, 0) is 18.8 Å². The number of hydrogen-bond donors (Lipinski definition) is 3. The van der Waals surface area contributed by atoms with Crippen LogP contribution in [0.2, 0.25) is 0 Å². The van der Waals surface area contributed by atoms with E-state index in [1.165, 1.54) is 0 Å². The number of nitrogens with two attached hydrogens (primary N) is 1. The number of carbonyl (C=O) groups is 1. The smallest absolute Gasteiger partial charge is 0.222 e. The van der Waals surface area contributed by atoms with Gasteiger partial charge < -0.3 is 20.9 Å². The van der Waals surface area contributed by atoms with Gasteiger partial charge in [-0.25, -0.2) is 0 Å². The SMILES string of the molecule is CC(C)C(N)CC(=O)NC1(CO)CCOCC1. The van der Waals surface area contributed by atoms with E-state index in [0.29, 0.717) is 32.5 Å². The maximum atomic E-state index is 11.8. The zero-order valence-corrected chi connectivity index (χ0v) is 10.7. The van der Waals surface area contributed by atoms with Crippen LogP contribution in [0.5, 0.6) is 0 Å². The molecule has 0 aromatic heterocycles. The standard InChI is InChI=1S/C12H24N2O3/c1-9(2)10(13)7-11(16)14-12(8-15)3-5-17-6-4-12/h9-10,15H,3-8,13H2,1-2H3,(H,14,16). The summed E-state index contributed by atoms with van der Waals surface area (Å²) >= 11 is 0. The van der Waals surface area contributed by atoms with Crippen molar-refractivity contribution in [2.45, 2.75) is 44.7 Å². The van der Waals surface area contributed by atoms with Gasteiger partial charge in [-0.15, -0.1) is 0 Å². The van der Waals surface area contributed by atoms with Crippen molar-refractivity contribution in [3.63, 3.8) is 0 Å². The third-order valence-corrected chi connectivity index (χ3v) is 3.43. The number of ether oxygens (including phenoxy) is 1. The van der Waals surface area contributed by atoms with Crippen LogP contribution in [0.1, 0.15) is 33.1 Å². The number of hydrogen-bond acceptors (Lipinski definition) is 4. The Bertz CT molecular complexity index is 250. The molecule has 0 aliphatic carbocycles. The fourth-order valence-corrected chi connectivity index (χ4v) is 1.88. The van der Waals surface area contributed by atoms with Gasteiger partial charge in [0, 0.05) is 25.7 Å². The highest BCUT2D eigenvalue weighted by atomic mass is 16.5. The van der Waals surface area contributed by atoms with Crippen LogP contribution in [-0.2, 0) is 9.53 Å². The molecular formula is C12H24N2O3. The molecule has 1 aliphatic rings. The second kappa shape index (κ2) is 6.33. The van der Waals surface area contributed by atoms with Crippen molar-refractivity contribution < 1.29 is 14.6 Å². The summed E-state index contributed by atoms with van der Waals surface area (Å²) in [6.07, 6.45) is 1.62. The summed E-state index contributed by atoms with van der Waals surface area (Å²) in [5.74, 6) is 0.197. The number of nitrogens with one attached hydrogen (secondary N) is 1. The van der Waals surface area contributed by atoms with Crippen molar-refractivity contribution in [3.8, 4) is 0 Å². The average molecular weight is 244 g/mol. The molecule has 1 rings (SSSR count). The van der Waals surface area contributed by atoms with Crippen LogP contribution in [-0.4, -0.2) is 42.4 Å². The second-order valence-electron chi connectivity index (χ2n) is 5.21. The Labute approximate surface area is 103 Å². The third-order valence-electron chi connectivity index (χ3n) is 3.43. The fourth-order valence-electron chi connectivity index (χ4n) is 1.88. The lowest BCUT2D eigenvalue weighted by molar-refractivity contribution is -0.125. The highest BCUT2D eigenvalue weighted by Gasteiger charge is 2.33. The molecule has 4 N–H and O–H groups in total. The van der Waals surface area contributed by atoms with E-state index in [1.807, 2.05) is 13.8 Å². The lowest BCUT2D eigenvalue weighted by atomic mass is 9.90. The van der Waals surface area contributed by atoms with Crippen molar-refractivity contribution >= 4 is 5.91 Å². The molecule has 0 saturated carbocycles. The van der Waals surface area contributed by atoms with Crippen LogP contribution in [0.25, 0.3) is 0 Å². The van der Waals surface area contributed by atoms with Crippen LogP contribution >= 0.6 is 0 Å². The summed E-state index contributed by atoms with van der Waals surface area (Å²) in [6.45, 7) is 5.11. The van der Waals surface area contributed by atoms with Gasteiger partial charge in [-0.2, -0.15) is 0 Å². The monoisotopic (exact) mass is 244 g/mol. The van der Waals surface area contributed by atoms with Crippen LogP contribution in [0.3, 0.4) is 0 Å². The Balaban J connectivity index is 2.47. The molecule has 0 aromatic rings.